The number of ether oxygens (including phenoxy) is 1. The molecule has 0 aliphatic carbocycles. The highest BCUT2D eigenvalue weighted by Crippen LogP contribution is 2.36. The Morgan fingerprint density at radius 1 is 1.03 bits per heavy atom. The Morgan fingerprint density at radius 2 is 1.75 bits per heavy atom. The molecule has 0 saturated heterocycles. The van der Waals surface area contributed by atoms with E-state index in [0.717, 1.165) is 16.7 Å². The van der Waals surface area contributed by atoms with Crippen molar-refractivity contribution in [1.82, 2.24) is 5.32 Å². The van der Waals surface area contributed by atoms with Gasteiger partial charge in [0.15, 0.2) is 5.17 Å². The topological polar surface area (TPSA) is 50.7 Å². The van der Waals surface area contributed by atoms with Crippen molar-refractivity contribution in [1.29, 1.82) is 0 Å². The van der Waals surface area contributed by atoms with Crippen molar-refractivity contribution >= 4 is 28.6 Å². The van der Waals surface area contributed by atoms with E-state index in [1.54, 1.807) is 13.0 Å². The van der Waals surface area contributed by atoms with Gasteiger partial charge >= 0.3 is 5.97 Å². The second-order valence-corrected chi connectivity index (χ2v) is 8.13. The van der Waals surface area contributed by atoms with E-state index in [-0.39, 0.29) is 12.4 Å². The molecule has 6 heteroatoms. The lowest BCUT2D eigenvalue weighted by Crippen LogP contribution is -2.31. The fourth-order valence-electron chi connectivity index (χ4n) is 3.51. The number of carbonyl (C=O) groups excluding carboxylic acids is 1. The molecule has 1 N–H and O–H groups in total. The van der Waals surface area contributed by atoms with Crippen LogP contribution >= 0.6 is 11.8 Å². The Balaban J connectivity index is 1.75. The molecule has 32 heavy (non-hydrogen) atoms. The number of hydrogen-bond acceptors (Lipinski definition) is 5. The zero-order valence-electron chi connectivity index (χ0n) is 17.6. The van der Waals surface area contributed by atoms with Crippen LogP contribution in [-0.4, -0.2) is 17.7 Å². The predicted octanol–water partition coefficient (Wildman–Crippen LogP) is 5.73. The first kappa shape index (κ1) is 21.8. The zero-order valence-corrected chi connectivity index (χ0v) is 18.4. The molecule has 0 fully saturated rings. The normalized spacial score (nSPS) is 15.7. The number of benzene rings is 3. The summed E-state index contributed by atoms with van der Waals surface area (Å²) in [5.41, 5.74) is 3.77. The molecule has 162 valence electrons. The number of nitrogens with one attached hydrogen (secondary N) is 1. The molecule has 0 aromatic heterocycles. The van der Waals surface area contributed by atoms with Gasteiger partial charge in [-0.2, -0.15) is 0 Å². The van der Waals surface area contributed by atoms with E-state index >= 15 is 0 Å². The lowest BCUT2D eigenvalue weighted by atomic mass is 9.94. The number of rotatable bonds is 6. The van der Waals surface area contributed by atoms with Gasteiger partial charge in [0.1, 0.15) is 11.9 Å². The van der Waals surface area contributed by atoms with Crippen LogP contribution in [0.1, 0.15) is 29.7 Å². The van der Waals surface area contributed by atoms with E-state index in [9.17, 15) is 9.18 Å². The number of amidine groups is 1. The lowest BCUT2D eigenvalue weighted by molar-refractivity contribution is -0.138. The molecule has 1 aliphatic rings. The molecule has 3 aromatic carbocycles. The molecule has 1 atom stereocenters. The van der Waals surface area contributed by atoms with Crippen LogP contribution in [0.5, 0.6) is 0 Å². The Bertz CT molecular complexity index is 1150. The molecule has 4 nitrogen and oxygen atoms in total. The van der Waals surface area contributed by atoms with Crippen molar-refractivity contribution in [3.8, 4) is 0 Å². The molecule has 0 bridgehead atoms. The van der Waals surface area contributed by atoms with Crippen molar-refractivity contribution in [3.63, 3.8) is 0 Å². The second kappa shape index (κ2) is 10.3. The maximum Gasteiger partial charge on any atom is 0.338 e. The molecule has 1 heterocycles. The van der Waals surface area contributed by atoms with Crippen LogP contribution in [0.3, 0.4) is 0 Å². The number of aliphatic imine (C=N–C) groups is 1. The first-order valence-corrected chi connectivity index (χ1v) is 11.4. The maximum atomic E-state index is 13.6. The van der Waals surface area contributed by atoms with E-state index in [0.29, 0.717) is 22.2 Å². The van der Waals surface area contributed by atoms with E-state index in [2.05, 4.69) is 5.32 Å². The van der Waals surface area contributed by atoms with E-state index < -0.39 is 12.0 Å². The van der Waals surface area contributed by atoms with Crippen LogP contribution in [0.25, 0.3) is 5.70 Å². The summed E-state index contributed by atoms with van der Waals surface area (Å²) in [5, 5.41) is 4.00. The van der Waals surface area contributed by atoms with Gasteiger partial charge in [-0.3, -0.25) is 0 Å². The van der Waals surface area contributed by atoms with Gasteiger partial charge in [-0.25, -0.2) is 14.2 Å². The average Bonchev–Trinajstić information content (AvgIpc) is 2.83. The standard InChI is InChI=1S/C26H23FN2O2S/c1-2-31-25(30)22-23(19-11-5-3-6-12-19)28-26(29-24(22)20-13-7-4-8-14-20)32-17-18-10-9-15-21(27)16-18/h3-16,23H,2,17H2,1H3,(H,28,29)/t23-/m0/s1. The average molecular weight is 447 g/mol. The molecular weight excluding hydrogens is 423 g/mol. The van der Waals surface area contributed by atoms with Gasteiger partial charge in [0.05, 0.1) is 17.9 Å². The summed E-state index contributed by atoms with van der Waals surface area (Å²) in [6, 6.07) is 25.4. The third-order valence-electron chi connectivity index (χ3n) is 4.96. The summed E-state index contributed by atoms with van der Waals surface area (Å²) in [6.07, 6.45) is 0. The molecular formula is C26H23FN2O2S. The smallest absolute Gasteiger partial charge is 0.338 e. The van der Waals surface area contributed by atoms with Gasteiger partial charge in [-0.05, 0) is 35.7 Å². The van der Waals surface area contributed by atoms with Crippen LogP contribution in [0.15, 0.2) is 95.5 Å². The van der Waals surface area contributed by atoms with Crippen LogP contribution in [0.2, 0.25) is 0 Å². The Hall–Kier alpha value is -3.38. The minimum absolute atomic E-state index is 0.265. The third kappa shape index (κ3) is 5.08. The summed E-state index contributed by atoms with van der Waals surface area (Å²) in [6.45, 7) is 2.06. The Labute approximate surface area is 191 Å². The highest BCUT2D eigenvalue weighted by molar-refractivity contribution is 8.13. The van der Waals surface area contributed by atoms with Gasteiger partial charge in [0.25, 0.3) is 0 Å². The number of carbonyl (C=O) groups is 1. The van der Waals surface area contributed by atoms with Crippen molar-refractivity contribution < 1.29 is 13.9 Å². The SMILES string of the molecule is CCOC(=O)C1=C(c2ccccc2)NC(SCc2cccc(F)c2)=N[C@H]1c1ccccc1. The Morgan fingerprint density at radius 3 is 2.44 bits per heavy atom. The molecule has 0 saturated carbocycles. The van der Waals surface area contributed by atoms with Crippen molar-refractivity contribution in [2.45, 2.75) is 18.7 Å². The van der Waals surface area contributed by atoms with E-state index in [1.165, 1.54) is 23.9 Å². The van der Waals surface area contributed by atoms with Gasteiger partial charge in [0, 0.05) is 5.75 Å². The van der Waals surface area contributed by atoms with Gasteiger partial charge in [0.2, 0.25) is 0 Å². The number of esters is 1. The molecule has 0 radical (unpaired) electrons. The van der Waals surface area contributed by atoms with E-state index in [4.69, 9.17) is 9.73 Å². The zero-order chi connectivity index (χ0) is 22.3. The maximum absolute atomic E-state index is 13.6. The largest absolute Gasteiger partial charge is 0.463 e. The predicted molar refractivity (Wildman–Crippen MR) is 127 cm³/mol. The lowest BCUT2D eigenvalue weighted by Gasteiger charge is -2.27. The quantitative estimate of drug-likeness (QED) is 0.491. The minimum atomic E-state index is -0.512. The summed E-state index contributed by atoms with van der Waals surface area (Å²) in [4.78, 5) is 17.9. The monoisotopic (exact) mass is 446 g/mol. The van der Waals surface area contributed by atoms with Crippen LogP contribution in [-0.2, 0) is 15.3 Å². The third-order valence-corrected chi connectivity index (χ3v) is 5.92. The molecule has 1 aliphatic heterocycles. The highest BCUT2D eigenvalue weighted by atomic mass is 32.2. The summed E-state index contributed by atoms with van der Waals surface area (Å²) in [5.74, 6) is -0.119. The van der Waals surface area contributed by atoms with Crippen molar-refractivity contribution in [2.24, 2.45) is 4.99 Å². The number of hydrogen-bond donors (Lipinski definition) is 1. The number of thioether (sulfide) groups is 1. The van der Waals surface area contributed by atoms with Crippen molar-refractivity contribution in [2.75, 3.05) is 6.61 Å². The van der Waals surface area contributed by atoms with E-state index in [1.807, 2.05) is 66.7 Å². The van der Waals surface area contributed by atoms with Crippen LogP contribution in [0.4, 0.5) is 4.39 Å². The first-order chi connectivity index (χ1) is 15.7. The molecule has 4 rings (SSSR count). The van der Waals surface area contributed by atoms with Gasteiger partial charge in [-0.15, -0.1) is 0 Å². The molecule has 0 spiro atoms. The fraction of sp³-hybridized carbons (Fsp3) is 0.154. The summed E-state index contributed by atoms with van der Waals surface area (Å²) >= 11 is 1.47. The molecule has 0 unspecified atom stereocenters. The first-order valence-electron chi connectivity index (χ1n) is 10.4. The number of nitrogens with zero attached hydrogens (tertiary/aromatic N) is 1. The fourth-order valence-corrected chi connectivity index (χ4v) is 4.35. The molecule has 0 amide bonds. The van der Waals surface area contributed by atoms with Gasteiger partial charge < -0.3 is 10.1 Å². The summed E-state index contributed by atoms with van der Waals surface area (Å²) < 4.78 is 19.0. The van der Waals surface area contributed by atoms with Crippen LogP contribution < -0.4 is 5.32 Å². The summed E-state index contributed by atoms with van der Waals surface area (Å²) in [7, 11) is 0. The van der Waals surface area contributed by atoms with Gasteiger partial charge in [-0.1, -0.05) is 84.6 Å². The minimum Gasteiger partial charge on any atom is -0.463 e. The molecule has 3 aromatic rings. The Kier molecular flexibility index (Phi) is 7.02. The van der Waals surface area contributed by atoms with Crippen LogP contribution in [0, 0.1) is 5.82 Å². The highest BCUT2D eigenvalue weighted by Gasteiger charge is 2.32. The second-order valence-electron chi connectivity index (χ2n) is 7.17. The van der Waals surface area contributed by atoms with Crippen molar-refractivity contribution in [3.05, 3.63) is 113 Å². The number of halogens is 1.